The monoisotopic (exact) mass is 535 g/mol. The molecule has 1 saturated carbocycles. The van der Waals surface area contributed by atoms with E-state index in [9.17, 15) is 9.18 Å². The minimum absolute atomic E-state index is 0.00310. The number of likely N-dealkylation sites (N-methyl/N-ethyl adjacent to an activating group) is 1. The van der Waals surface area contributed by atoms with Crippen molar-refractivity contribution in [2.24, 2.45) is 5.92 Å². The Labute approximate surface area is 225 Å². The summed E-state index contributed by atoms with van der Waals surface area (Å²) in [6.07, 6.45) is 4.50. The molecule has 0 atom stereocenters. The van der Waals surface area contributed by atoms with E-state index in [2.05, 4.69) is 37.0 Å². The van der Waals surface area contributed by atoms with Gasteiger partial charge < -0.3 is 19.9 Å². The third kappa shape index (κ3) is 5.55. The summed E-state index contributed by atoms with van der Waals surface area (Å²) in [6.45, 7) is 8.83. The van der Waals surface area contributed by atoms with E-state index in [-0.39, 0.29) is 41.4 Å². The molecule has 0 radical (unpaired) electrons. The third-order valence-corrected chi connectivity index (χ3v) is 7.47. The average Bonchev–Trinajstić information content (AvgIpc) is 3.81. The highest BCUT2D eigenvalue weighted by molar-refractivity contribution is 5.98. The minimum Gasteiger partial charge on any atom is -0.486 e. The third-order valence-electron chi connectivity index (χ3n) is 7.47. The first-order chi connectivity index (χ1) is 19.0. The molecule has 4 heterocycles. The van der Waals surface area contributed by atoms with Crippen molar-refractivity contribution in [3.8, 4) is 17.0 Å². The number of benzene rings is 1. The predicted molar refractivity (Wildman–Crippen MR) is 143 cm³/mol. The zero-order valence-electron chi connectivity index (χ0n) is 21.9. The second-order valence-electron chi connectivity index (χ2n) is 10.2. The number of nitrogens with zero attached hydrogens (tertiary/aromatic N) is 6. The number of rotatable bonds is 7. The normalized spacial score (nSPS) is 18.0. The maximum atomic E-state index is 15.0. The largest absolute Gasteiger partial charge is 0.486 e. The Morgan fingerprint density at radius 3 is 2.54 bits per heavy atom. The van der Waals surface area contributed by atoms with Crippen molar-refractivity contribution in [2.75, 3.05) is 56.1 Å². The van der Waals surface area contributed by atoms with Crippen molar-refractivity contribution >= 4 is 23.4 Å². The van der Waals surface area contributed by atoms with Gasteiger partial charge in [-0.2, -0.15) is 0 Å². The summed E-state index contributed by atoms with van der Waals surface area (Å²) in [5, 5.41) is 3.01. The van der Waals surface area contributed by atoms with Crippen LogP contribution < -0.4 is 15.0 Å². The molecule has 6 rings (SSSR count). The number of pyridine rings is 1. The van der Waals surface area contributed by atoms with Gasteiger partial charge in [0, 0.05) is 50.4 Å². The highest BCUT2D eigenvalue weighted by Gasteiger charge is 2.37. The highest BCUT2D eigenvalue weighted by atomic mass is 19.1. The molecule has 11 heteroatoms. The number of anilines is 3. The van der Waals surface area contributed by atoms with Crippen LogP contribution in [0.25, 0.3) is 11.3 Å². The Kier molecular flexibility index (Phi) is 7.09. The molecule has 3 aliphatic rings. The van der Waals surface area contributed by atoms with E-state index in [0.29, 0.717) is 18.1 Å². The zero-order chi connectivity index (χ0) is 26.9. The van der Waals surface area contributed by atoms with Gasteiger partial charge in [-0.05, 0) is 43.1 Å². The van der Waals surface area contributed by atoms with Crippen molar-refractivity contribution in [3.63, 3.8) is 0 Å². The van der Waals surface area contributed by atoms with Gasteiger partial charge in [0.15, 0.2) is 17.4 Å². The Morgan fingerprint density at radius 2 is 1.82 bits per heavy atom. The number of fused-ring (bicyclic) bond motifs is 1. The molecule has 0 unspecified atom stereocenters. The first-order valence-electron chi connectivity index (χ1n) is 13.5. The van der Waals surface area contributed by atoms with Crippen LogP contribution in [0.5, 0.6) is 5.75 Å². The fourth-order valence-corrected chi connectivity index (χ4v) is 5.06. The molecule has 39 heavy (non-hydrogen) atoms. The number of halogens is 2. The molecule has 3 aromatic rings. The number of hydrogen-bond donors (Lipinski definition) is 1. The summed E-state index contributed by atoms with van der Waals surface area (Å²) in [4.78, 5) is 32.0. The lowest BCUT2D eigenvalue weighted by molar-refractivity contribution is -0.120. The second kappa shape index (κ2) is 10.8. The topological polar surface area (TPSA) is 86.7 Å². The number of aromatic nitrogens is 3. The van der Waals surface area contributed by atoms with Crippen molar-refractivity contribution in [2.45, 2.75) is 26.3 Å². The number of amides is 1. The maximum absolute atomic E-state index is 15.0. The van der Waals surface area contributed by atoms with E-state index in [0.717, 1.165) is 63.9 Å². The summed E-state index contributed by atoms with van der Waals surface area (Å²) >= 11 is 0. The van der Waals surface area contributed by atoms with E-state index in [1.54, 1.807) is 6.07 Å². The van der Waals surface area contributed by atoms with Crippen LogP contribution in [0.4, 0.5) is 26.2 Å². The molecule has 0 bridgehead atoms. The van der Waals surface area contributed by atoms with Crippen molar-refractivity contribution in [1.82, 2.24) is 24.8 Å². The van der Waals surface area contributed by atoms with Crippen LogP contribution >= 0.6 is 0 Å². The molecular weight excluding hydrogens is 504 g/mol. The van der Waals surface area contributed by atoms with E-state index < -0.39 is 11.6 Å². The van der Waals surface area contributed by atoms with Crippen LogP contribution in [-0.4, -0.2) is 76.5 Å². The number of carbonyl (C=O) groups is 1. The summed E-state index contributed by atoms with van der Waals surface area (Å²) in [5.74, 6) is -0.831. The van der Waals surface area contributed by atoms with Crippen molar-refractivity contribution in [3.05, 3.63) is 53.9 Å². The molecular formula is C28H31F2N7O2. The Bertz CT molecular complexity index is 1360. The standard InChI is InChI=1S/C28H31F2N7O2/c1-2-35-7-9-36(10-8-35)17-18-3-6-24(31-15-18)33-28-32-16-22(30)25(34-28)20-13-21(29)26-23(14-20)37(11-12-39-26)27(38)19-4-5-19/h3,6,13-16,19H,2,4-5,7-12,17H2,1H3,(H,31,32,33,34). The van der Waals surface area contributed by atoms with Crippen LogP contribution in [-0.2, 0) is 11.3 Å². The lowest BCUT2D eigenvalue weighted by atomic mass is 10.1. The van der Waals surface area contributed by atoms with Crippen LogP contribution in [0.3, 0.4) is 0 Å². The lowest BCUT2D eigenvalue weighted by Crippen LogP contribution is -2.45. The van der Waals surface area contributed by atoms with Crippen molar-refractivity contribution < 1.29 is 18.3 Å². The summed E-state index contributed by atoms with van der Waals surface area (Å²) in [5.41, 5.74) is 1.51. The van der Waals surface area contributed by atoms with E-state index in [1.165, 1.54) is 11.0 Å². The van der Waals surface area contributed by atoms with Crippen LogP contribution in [0, 0.1) is 17.6 Å². The summed E-state index contributed by atoms with van der Waals surface area (Å²) in [6, 6.07) is 6.56. The van der Waals surface area contributed by atoms with Crippen LogP contribution in [0.15, 0.2) is 36.7 Å². The maximum Gasteiger partial charge on any atom is 0.230 e. The van der Waals surface area contributed by atoms with Gasteiger partial charge in [0.05, 0.1) is 18.4 Å². The van der Waals surface area contributed by atoms with E-state index in [1.807, 2.05) is 18.3 Å². The van der Waals surface area contributed by atoms with Gasteiger partial charge in [-0.3, -0.25) is 9.69 Å². The summed E-state index contributed by atoms with van der Waals surface area (Å²) in [7, 11) is 0. The lowest BCUT2D eigenvalue weighted by Gasteiger charge is -2.33. The molecule has 9 nitrogen and oxygen atoms in total. The van der Waals surface area contributed by atoms with Gasteiger partial charge in [-0.1, -0.05) is 13.0 Å². The SMILES string of the molecule is CCN1CCN(Cc2ccc(Nc3ncc(F)c(-c4cc(F)c5c(c4)N(C(=O)C4CC4)CCO5)n3)nc2)CC1. The smallest absolute Gasteiger partial charge is 0.230 e. The fraction of sp³-hybridized carbons (Fsp3) is 0.429. The van der Waals surface area contributed by atoms with Gasteiger partial charge >= 0.3 is 0 Å². The number of hydrogen-bond acceptors (Lipinski definition) is 8. The molecule has 1 N–H and O–H groups in total. The second-order valence-corrected chi connectivity index (χ2v) is 10.2. The number of nitrogens with one attached hydrogen (secondary N) is 1. The van der Waals surface area contributed by atoms with E-state index in [4.69, 9.17) is 4.74 Å². The number of piperazine rings is 1. The first-order valence-corrected chi connectivity index (χ1v) is 13.5. The molecule has 2 fully saturated rings. The van der Waals surface area contributed by atoms with E-state index >= 15 is 4.39 Å². The quantitative estimate of drug-likeness (QED) is 0.489. The molecule has 1 aromatic carbocycles. The summed E-state index contributed by atoms with van der Waals surface area (Å²) < 4.78 is 35.4. The Balaban J connectivity index is 1.19. The molecule has 2 aromatic heterocycles. The van der Waals surface area contributed by atoms with Gasteiger partial charge in [-0.15, -0.1) is 0 Å². The molecule has 1 aliphatic carbocycles. The Morgan fingerprint density at radius 1 is 1.03 bits per heavy atom. The molecule has 0 spiro atoms. The van der Waals surface area contributed by atoms with Gasteiger partial charge in [0.1, 0.15) is 18.1 Å². The molecule has 204 valence electrons. The average molecular weight is 536 g/mol. The number of carbonyl (C=O) groups excluding carboxylic acids is 1. The molecule has 1 saturated heterocycles. The zero-order valence-corrected chi connectivity index (χ0v) is 21.9. The van der Waals surface area contributed by atoms with Crippen LogP contribution in [0.1, 0.15) is 25.3 Å². The predicted octanol–water partition coefficient (Wildman–Crippen LogP) is 3.83. The molecule has 2 aliphatic heterocycles. The van der Waals surface area contributed by atoms with Gasteiger partial charge in [-0.25, -0.2) is 23.7 Å². The van der Waals surface area contributed by atoms with Crippen molar-refractivity contribution in [1.29, 1.82) is 0 Å². The number of ether oxygens (including phenoxy) is 1. The van der Waals surface area contributed by atoms with Gasteiger partial charge in [0.2, 0.25) is 11.9 Å². The fourth-order valence-electron chi connectivity index (χ4n) is 5.06. The van der Waals surface area contributed by atoms with Gasteiger partial charge in [0.25, 0.3) is 0 Å². The molecule has 1 amide bonds. The highest BCUT2D eigenvalue weighted by Crippen LogP contribution is 2.41. The first kappa shape index (κ1) is 25.6. The minimum atomic E-state index is -0.705. The van der Waals surface area contributed by atoms with Crippen LogP contribution in [0.2, 0.25) is 0 Å². The Hall–Kier alpha value is -3.70.